The van der Waals surface area contributed by atoms with E-state index in [0.717, 1.165) is 27.7 Å². The van der Waals surface area contributed by atoms with E-state index < -0.39 is 11.2 Å². The van der Waals surface area contributed by atoms with Crippen molar-refractivity contribution in [2.45, 2.75) is 25.0 Å². The third-order valence-electron chi connectivity index (χ3n) is 5.14. The maximum Gasteiger partial charge on any atom is 0.307 e. The Balaban J connectivity index is 1.58. The zero-order chi connectivity index (χ0) is 21.1. The number of hydrogen-bond acceptors (Lipinski definition) is 5. The summed E-state index contributed by atoms with van der Waals surface area (Å²) in [6.07, 6.45) is 2.71. The second-order valence-corrected chi connectivity index (χ2v) is 8.39. The van der Waals surface area contributed by atoms with Gasteiger partial charge in [0, 0.05) is 23.6 Å². The van der Waals surface area contributed by atoms with Crippen LogP contribution in [0.25, 0.3) is 10.9 Å². The van der Waals surface area contributed by atoms with Crippen LogP contribution >= 0.6 is 11.8 Å². The first kappa shape index (κ1) is 20.2. The molecule has 1 fully saturated rings. The summed E-state index contributed by atoms with van der Waals surface area (Å²) in [7, 11) is 1.34. The van der Waals surface area contributed by atoms with Gasteiger partial charge in [-0.25, -0.2) is 4.99 Å². The van der Waals surface area contributed by atoms with Crippen LogP contribution in [0, 0.1) is 6.92 Å². The number of aryl methyl sites for hydroxylation is 1. The highest BCUT2D eigenvalue weighted by molar-refractivity contribution is 8.15. The smallest absolute Gasteiger partial charge is 0.307 e. The number of carbonyl (C=O) groups is 2. The molecule has 1 aromatic heterocycles. The second kappa shape index (κ2) is 8.75. The van der Waals surface area contributed by atoms with Crippen LogP contribution in [-0.4, -0.2) is 45.8 Å². The zero-order valence-corrected chi connectivity index (χ0v) is 17.7. The number of nitrogens with one attached hydrogen (secondary N) is 1. The summed E-state index contributed by atoms with van der Waals surface area (Å²) in [6, 6.07) is 15.9. The molecule has 0 spiro atoms. The lowest BCUT2D eigenvalue weighted by atomic mass is 10.1. The van der Waals surface area contributed by atoms with Gasteiger partial charge in [-0.2, -0.15) is 0 Å². The third-order valence-corrected chi connectivity index (χ3v) is 6.31. The summed E-state index contributed by atoms with van der Waals surface area (Å²) in [5.74, 6) is -0.495. The monoisotopic (exact) mass is 421 g/mol. The zero-order valence-electron chi connectivity index (χ0n) is 16.9. The van der Waals surface area contributed by atoms with Crippen LogP contribution in [0.15, 0.2) is 59.7 Å². The number of ether oxygens (including phenoxy) is 1. The first-order valence-electron chi connectivity index (χ1n) is 9.80. The van der Waals surface area contributed by atoms with Crippen molar-refractivity contribution in [1.29, 1.82) is 0 Å². The van der Waals surface area contributed by atoms with Crippen molar-refractivity contribution >= 4 is 45.4 Å². The predicted molar refractivity (Wildman–Crippen MR) is 120 cm³/mol. The summed E-state index contributed by atoms with van der Waals surface area (Å²) in [6.45, 7) is 2.51. The SMILES string of the molecule is COC(=O)C[C@@H]1SC(=Nc2ccc(C)cc2)N(CCc2c[nH]c3ccccc23)C1=O. The predicted octanol–water partition coefficient (Wildman–Crippen LogP) is 4.21. The molecule has 1 amide bonds. The van der Waals surface area contributed by atoms with Crippen LogP contribution in [0.5, 0.6) is 0 Å². The molecule has 0 aliphatic carbocycles. The lowest BCUT2D eigenvalue weighted by Gasteiger charge is -2.16. The largest absolute Gasteiger partial charge is 0.469 e. The number of aliphatic imine (C=N–C) groups is 1. The average Bonchev–Trinajstić information content (AvgIpc) is 3.29. The van der Waals surface area contributed by atoms with Crippen molar-refractivity contribution in [3.63, 3.8) is 0 Å². The van der Waals surface area contributed by atoms with E-state index in [4.69, 9.17) is 9.73 Å². The number of rotatable bonds is 6. The highest BCUT2D eigenvalue weighted by Gasteiger charge is 2.39. The Morgan fingerprint density at radius 2 is 1.97 bits per heavy atom. The Hall–Kier alpha value is -3.06. The van der Waals surface area contributed by atoms with E-state index in [9.17, 15) is 9.59 Å². The van der Waals surface area contributed by atoms with Crippen molar-refractivity contribution < 1.29 is 14.3 Å². The molecule has 6 nitrogen and oxygen atoms in total. The first-order chi connectivity index (χ1) is 14.5. The summed E-state index contributed by atoms with van der Waals surface area (Å²) in [5, 5.41) is 1.27. The summed E-state index contributed by atoms with van der Waals surface area (Å²) in [4.78, 5) is 34.5. The molecular weight excluding hydrogens is 398 g/mol. The van der Waals surface area contributed by atoms with E-state index in [-0.39, 0.29) is 12.3 Å². The van der Waals surface area contributed by atoms with Gasteiger partial charge in [0.25, 0.3) is 0 Å². The number of hydrogen-bond donors (Lipinski definition) is 1. The van der Waals surface area contributed by atoms with E-state index in [0.29, 0.717) is 18.1 Å². The van der Waals surface area contributed by atoms with Gasteiger partial charge in [0.05, 0.1) is 19.2 Å². The number of amides is 1. The van der Waals surface area contributed by atoms with Gasteiger partial charge < -0.3 is 9.72 Å². The first-order valence-corrected chi connectivity index (χ1v) is 10.7. The van der Waals surface area contributed by atoms with Gasteiger partial charge in [-0.15, -0.1) is 0 Å². The molecule has 0 bridgehead atoms. The molecule has 7 heteroatoms. The molecule has 3 aromatic rings. The van der Waals surface area contributed by atoms with Crippen molar-refractivity contribution in [3.8, 4) is 0 Å². The average molecular weight is 422 g/mol. The Kier molecular flexibility index (Phi) is 5.90. The van der Waals surface area contributed by atoms with Crippen LogP contribution in [0.4, 0.5) is 5.69 Å². The summed E-state index contributed by atoms with van der Waals surface area (Å²) < 4.78 is 4.76. The number of H-pyrrole nitrogens is 1. The van der Waals surface area contributed by atoms with Gasteiger partial charge in [0.15, 0.2) is 5.17 Å². The lowest BCUT2D eigenvalue weighted by Crippen LogP contribution is -2.34. The van der Waals surface area contributed by atoms with Crippen LogP contribution in [0.3, 0.4) is 0 Å². The topological polar surface area (TPSA) is 74.8 Å². The number of thioether (sulfide) groups is 1. The molecule has 1 saturated heterocycles. The second-order valence-electron chi connectivity index (χ2n) is 7.22. The fourth-order valence-corrected chi connectivity index (χ4v) is 4.63. The summed E-state index contributed by atoms with van der Waals surface area (Å²) in [5.41, 5.74) is 4.15. The molecule has 1 aliphatic rings. The molecule has 4 rings (SSSR count). The Labute approximate surface area is 179 Å². The third kappa shape index (κ3) is 4.26. The number of amidine groups is 1. The molecule has 154 valence electrons. The number of nitrogens with zero attached hydrogens (tertiary/aromatic N) is 2. The number of fused-ring (bicyclic) bond motifs is 1. The van der Waals surface area contributed by atoms with Gasteiger partial charge in [0.2, 0.25) is 5.91 Å². The highest BCUT2D eigenvalue weighted by Crippen LogP contribution is 2.32. The van der Waals surface area contributed by atoms with Crippen LogP contribution in [0.1, 0.15) is 17.5 Å². The van der Waals surface area contributed by atoms with E-state index >= 15 is 0 Å². The molecule has 0 saturated carbocycles. The fraction of sp³-hybridized carbons (Fsp3) is 0.261. The van der Waals surface area contributed by atoms with Crippen molar-refractivity contribution in [3.05, 3.63) is 65.9 Å². The van der Waals surface area contributed by atoms with Crippen molar-refractivity contribution in [2.24, 2.45) is 4.99 Å². The van der Waals surface area contributed by atoms with E-state index in [1.54, 1.807) is 4.90 Å². The molecule has 0 radical (unpaired) electrons. The van der Waals surface area contributed by atoms with Crippen LogP contribution < -0.4 is 0 Å². The number of esters is 1. The van der Waals surface area contributed by atoms with Crippen LogP contribution in [-0.2, 0) is 20.7 Å². The van der Waals surface area contributed by atoms with Gasteiger partial charge in [-0.05, 0) is 37.1 Å². The van der Waals surface area contributed by atoms with Gasteiger partial charge >= 0.3 is 5.97 Å². The van der Waals surface area contributed by atoms with Gasteiger partial charge in [-0.1, -0.05) is 47.7 Å². The van der Waals surface area contributed by atoms with E-state index in [1.165, 1.54) is 18.9 Å². The number of aromatic nitrogens is 1. The number of benzene rings is 2. The number of aromatic amines is 1. The molecule has 2 heterocycles. The Bertz CT molecular complexity index is 1100. The maximum absolute atomic E-state index is 13.0. The maximum atomic E-state index is 13.0. The molecule has 2 aromatic carbocycles. The quantitative estimate of drug-likeness (QED) is 0.605. The molecule has 1 aliphatic heterocycles. The Morgan fingerprint density at radius 3 is 2.73 bits per heavy atom. The van der Waals surface area contributed by atoms with Crippen LogP contribution in [0.2, 0.25) is 0 Å². The van der Waals surface area contributed by atoms with E-state index in [1.807, 2.05) is 55.6 Å². The molecule has 1 N–H and O–H groups in total. The highest BCUT2D eigenvalue weighted by atomic mass is 32.2. The lowest BCUT2D eigenvalue weighted by molar-refractivity contribution is -0.142. The minimum absolute atomic E-state index is 0.0382. The molecule has 0 unspecified atom stereocenters. The van der Waals surface area contributed by atoms with Crippen molar-refractivity contribution in [1.82, 2.24) is 9.88 Å². The number of carbonyl (C=O) groups excluding carboxylic acids is 2. The standard InChI is InChI=1S/C23H23N3O3S/c1-15-7-9-17(10-8-15)25-23-26(22(28)20(30-23)13-21(27)29-2)12-11-16-14-24-19-6-4-3-5-18(16)19/h3-10,14,20,24H,11-13H2,1-2H3/t20-/m0/s1. The molecular formula is C23H23N3O3S. The minimum Gasteiger partial charge on any atom is -0.469 e. The Morgan fingerprint density at radius 1 is 1.20 bits per heavy atom. The van der Waals surface area contributed by atoms with Gasteiger partial charge in [-0.3, -0.25) is 14.5 Å². The van der Waals surface area contributed by atoms with E-state index in [2.05, 4.69) is 11.1 Å². The van der Waals surface area contributed by atoms with Gasteiger partial charge in [0.1, 0.15) is 5.25 Å². The number of methoxy groups -OCH3 is 1. The number of para-hydroxylation sites is 1. The van der Waals surface area contributed by atoms with Crippen molar-refractivity contribution in [2.75, 3.05) is 13.7 Å². The minimum atomic E-state index is -0.510. The molecule has 1 atom stereocenters. The fourth-order valence-electron chi connectivity index (χ4n) is 3.47. The normalized spacial score (nSPS) is 17.8. The summed E-state index contributed by atoms with van der Waals surface area (Å²) >= 11 is 1.33. The molecule has 30 heavy (non-hydrogen) atoms.